The molecule has 0 radical (unpaired) electrons. The van der Waals surface area contributed by atoms with Gasteiger partial charge in [-0.15, -0.1) is 10.2 Å². The lowest BCUT2D eigenvalue weighted by Gasteiger charge is -2.39. The summed E-state index contributed by atoms with van der Waals surface area (Å²) in [7, 11) is -3.35. The highest BCUT2D eigenvalue weighted by Crippen LogP contribution is 2.31. The van der Waals surface area contributed by atoms with E-state index in [9.17, 15) is 8.42 Å². The Kier molecular flexibility index (Phi) is 5.06. The van der Waals surface area contributed by atoms with E-state index in [2.05, 4.69) is 33.9 Å². The third kappa shape index (κ3) is 3.42. The maximum atomic E-state index is 13.1. The quantitative estimate of drug-likeness (QED) is 0.835. The second kappa shape index (κ2) is 7.18. The fourth-order valence-corrected chi connectivity index (χ4v) is 6.60. The fraction of sp³-hybridized carbons (Fsp3) is 0.882. The lowest BCUT2D eigenvalue weighted by atomic mass is 9.94. The van der Waals surface area contributed by atoms with Crippen LogP contribution in [0.4, 0.5) is 0 Å². The third-order valence-corrected chi connectivity index (χ3v) is 7.93. The van der Waals surface area contributed by atoms with Gasteiger partial charge in [-0.05, 0) is 31.1 Å². The van der Waals surface area contributed by atoms with E-state index in [-0.39, 0.29) is 0 Å². The van der Waals surface area contributed by atoms with E-state index in [1.165, 1.54) is 0 Å². The van der Waals surface area contributed by atoms with Crippen molar-refractivity contribution < 1.29 is 8.42 Å². The zero-order valence-corrected chi connectivity index (χ0v) is 16.6. The minimum absolute atomic E-state index is 0.306. The van der Waals surface area contributed by atoms with Crippen LogP contribution in [0.3, 0.4) is 0 Å². The molecule has 3 aliphatic rings. The third-order valence-electron chi connectivity index (χ3n) is 5.96. The van der Waals surface area contributed by atoms with Gasteiger partial charge in [0.25, 0.3) is 10.2 Å². The largest absolute Gasteiger partial charge is 0.312 e. The van der Waals surface area contributed by atoms with E-state index >= 15 is 0 Å². The van der Waals surface area contributed by atoms with E-state index in [1.54, 1.807) is 8.61 Å². The molecule has 3 aliphatic heterocycles. The van der Waals surface area contributed by atoms with Gasteiger partial charge in [0, 0.05) is 45.2 Å². The summed E-state index contributed by atoms with van der Waals surface area (Å²) >= 11 is 0. The van der Waals surface area contributed by atoms with Gasteiger partial charge < -0.3 is 9.88 Å². The molecule has 146 valence electrons. The van der Waals surface area contributed by atoms with Gasteiger partial charge in [-0.25, -0.2) is 0 Å². The van der Waals surface area contributed by atoms with Crippen molar-refractivity contribution in [3.8, 4) is 0 Å². The van der Waals surface area contributed by atoms with Gasteiger partial charge in [0.1, 0.15) is 11.6 Å². The average molecular weight is 383 g/mol. The molecule has 9 heteroatoms. The van der Waals surface area contributed by atoms with Crippen LogP contribution in [0.2, 0.25) is 0 Å². The molecule has 2 fully saturated rings. The Labute approximate surface area is 156 Å². The van der Waals surface area contributed by atoms with Gasteiger partial charge in [0.05, 0.1) is 6.54 Å². The van der Waals surface area contributed by atoms with Crippen molar-refractivity contribution in [2.45, 2.75) is 52.1 Å². The van der Waals surface area contributed by atoms with Crippen molar-refractivity contribution in [1.82, 2.24) is 28.7 Å². The van der Waals surface area contributed by atoms with Crippen LogP contribution in [-0.4, -0.2) is 64.5 Å². The molecule has 8 nitrogen and oxygen atoms in total. The van der Waals surface area contributed by atoms with Crippen molar-refractivity contribution in [3.63, 3.8) is 0 Å². The Balaban J connectivity index is 1.42. The zero-order valence-electron chi connectivity index (χ0n) is 15.8. The van der Waals surface area contributed by atoms with Gasteiger partial charge in [-0.2, -0.15) is 17.0 Å². The summed E-state index contributed by atoms with van der Waals surface area (Å²) in [6.45, 7) is 9.36. The van der Waals surface area contributed by atoms with Crippen LogP contribution >= 0.6 is 0 Å². The van der Waals surface area contributed by atoms with Crippen LogP contribution < -0.4 is 5.32 Å². The van der Waals surface area contributed by atoms with Gasteiger partial charge in [0.2, 0.25) is 0 Å². The maximum absolute atomic E-state index is 13.1. The maximum Gasteiger partial charge on any atom is 0.281 e. The molecule has 0 aromatic carbocycles. The van der Waals surface area contributed by atoms with Crippen LogP contribution in [0.15, 0.2) is 0 Å². The van der Waals surface area contributed by atoms with Crippen LogP contribution in [0.25, 0.3) is 0 Å². The predicted octanol–water partition coefficient (Wildman–Crippen LogP) is 0.783. The molecule has 1 aromatic rings. The topological polar surface area (TPSA) is 83.4 Å². The molecule has 2 atom stereocenters. The Bertz CT molecular complexity index is 730. The minimum atomic E-state index is -3.35. The molecule has 26 heavy (non-hydrogen) atoms. The summed E-state index contributed by atoms with van der Waals surface area (Å²) in [6, 6.07) is 0. The van der Waals surface area contributed by atoms with E-state index in [4.69, 9.17) is 0 Å². The number of hydrogen-bond acceptors (Lipinski definition) is 5. The van der Waals surface area contributed by atoms with Crippen molar-refractivity contribution in [3.05, 3.63) is 11.6 Å². The molecule has 2 unspecified atom stereocenters. The standard InChI is InChI=1S/C17H30N6O2S/c1-13-9-14(2)12-22(11-13)26(24,25)21-6-3-15(4-7-21)17-20-19-16-10-18-5-8-23(16)17/h13-15,18H,3-12H2,1-2H3. The number of hydrogen-bond donors (Lipinski definition) is 1. The predicted molar refractivity (Wildman–Crippen MR) is 98.7 cm³/mol. The fourth-order valence-electron chi connectivity index (χ4n) is 4.72. The lowest BCUT2D eigenvalue weighted by molar-refractivity contribution is 0.201. The molecule has 4 rings (SSSR count). The first kappa shape index (κ1) is 18.3. The van der Waals surface area contributed by atoms with Crippen LogP contribution in [0.5, 0.6) is 0 Å². The molecule has 0 saturated carbocycles. The molecule has 1 aromatic heterocycles. The second-order valence-electron chi connectivity index (χ2n) is 8.25. The number of nitrogens with zero attached hydrogens (tertiary/aromatic N) is 5. The first-order valence-electron chi connectivity index (χ1n) is 9.83. The summed E-state index contributed by atoms with van der Waals surface area (Å²) in [5.41, 5.74) is 0. The van der Waals surface area contributed by atoms with Crippen LogP contribution in [-0.2, 0) is 23.3 Å². The van der Waals surface area contributed by atoms with Crippen molar-refractivity contribution in [2.24, 2.45) is 11.8 Å². The Morgan fingerprint density at radius 1 is 1.00 bits per heavy atom. The first-order valence-corrected chi connectivity index (χ1v) is 11.2. The summed E-state index contributed by atoms with van der Waals surface area (Å²) in [4.78, 5) is 0. The van der Waals surface area contributed by atoms with Crippen molar-refractivity contribution in [1.29, 1.82) is 0 Å². The number of rotatable bonds is 3. The molecule has 2 saturated heterocycles. The number of piperidine rings is 2. The highest BCUT2D eigenvalue weighted by molar-refractivity contribution is 7.86. The van der Waals surface area contributed by atoms with Crippen molar-refractivity contribution in [2.75, 3.05) is 32.7 Å². The van der Waals surface area contributed by atoms with E-state index in [0.717, 1.165) is 50.5 Å². The highest BCUT2D eigenvalue weighted by atomic mass is 32.2. The molecular formula is C17H30N6O2S. The molecule has 0 bridgehead atoms. The first-order chi connectivity index (χ1) is 12.4. The molecule has 4 heterocycles. The Morgan fingerprint density at radius 3 is 2.38 bits per heavy atom. The molecule has 0 aliphatic carbocycles. The number of fused-ring (bicyclic) bond motifs is 1. The number of aromatic nitrogens is 3. The molecule has 0 amide bonds. The monoisotopic (exact) mass is 382 g/mol. The van der Waals surface area contributed by atoms with E-state index in [0.29, 0.717) is 43.9 Å². The molecule has 0 spiro atoms. The molecule has 1 N–H and O–H groups in total. The van der Waals surface area contributed by atoms with Gasteiger partial charge in [-0.3, -0.25) is 0 Å². The Morgan fingerprint density at radius 2 is 1.69 bits per heavy atom. The summed E-state index contributed by atoms with van der Waals surface area (Å²) in [5, 5.41) is 12.0. The summed E-state index contributed by atoms with van der Waals surface area (Å²) < 4.78 is 31.7. The Hall–Kier alpha value is -1.03. The highest BCUT2D eigenvalue weighted by Gasteiger charge is 2.37. The SMILES string of the molecule is CC1CC(C)CN(S(=O)(=O)N2CCC(c3nnc4n3CCNC4)CC2)C1. The zero-order chi connectivity index (χ0) is 18.3. The number of nitrogens with one attached hydrogen (secondary N) is 1. The van der Waals surface area contributed by atoms with Crippen LogP contribution in [0.1, 0.15) is 50.7 Å². The smallest absolute Gasteiger partial charge is 0.281 e. The van der Waals surface area contributed by atoms with Gasteiger partial charge >= 0.3 is 0 Å². The normalized spacial score (nSPS) is 29.6. The second-order valence-corrected chi connectivity index (χ2v) is 10.2. The van der Waals surface area contributed by atoms with Gasteiger partial charge in [0.15, 0.2) is 0 Å². The lowest BCUT2D eigenvalue weighted by Crippen LogP contribution is -2.51. The molecular weight excluding hydrogens is 352 g/mol. The summed E-state index contributed by atoms with van der Waals surface area (Å²) in [5.74, 6) is 3.21. The van der Waals surface area contributed by atoms with E-state index in [1.807, 2.05) is 0 Å². The van der Waals surface area contributed by atoms with E-state index < -0.39 is 10.2 Å². The minimum Gasteiger partial charge on any atom is -0.312 e. The van der Waals surface area contributed by atoms with Crippen LogP contribution in [0, 0.1) is 11.8 Å². The average Bonchev–Trinajstić information content (AvgIpc) is 3.05. The van der Waals surface area contributed by atoms with Gasteiger partial charge in [-0.1, -0.05) is 13.8 Å². The summed E-state index contributed by atoms with van der Waals surface area (Å²) in [6.07, 6.45) is 2.76. The van der Waals surface area contributed by atoms with Crippen molar-refractivity contribution >= 4 is 10.2 Å².